The fourth-order valence-corrected chi connectivity index (χ4v) is 3.18. The Kier molecular flexibility index (Phi) is 5.80. The van der Waals surface area contributed by atoms with Gasteiger partial charge in [-0.15, -0.1) is 0 Å². The summed E-state index contributed by atoms with van der Waals surface area (Å²) in [6, 6.07) is 21.1. The molecule has 0 aliphatic rings. The summed E-state index contributed by atoms with van der Waals surface area (Å²) in [6.07, 6.45) is 1.72. The van der Waals surface area contributed by atoms with Crippen LogP contribution in [0.5, 0.6) is 0 Å². The molecular weight excluding hydrogens is 376 g/mol. The zero-order chi connectivity index (χ0) is 20.8. The number of carbonyl (C=O) groups is 1. The van der Waals surface area contributed by atoms with Gasteiger partial charge in [0.1, 0.15) is 23.3 Å². The SMILES string of the molecule is Cc1nc(NCCNC(=O)c2cccc3ccccc23)cc(Nc2ccccn2)n1. The molecule has 0 unspecified atom stereocenters. The number of anilines is 3. The molecule has 0 aliphatic heterocycles. The van der Waals surface area contributed by atoms with Gasteiger partial charge < -0.3 is 16.0 Å². The van der Waals surface area contributed by atoms with Gasteiger partial charge in [-0.25, -0.2) is 15.0 Å². The molecule has 2 heterocycles. The molecule has 4 rings (SSSR count). The van der Waals surface area contributed by atoms with E-state index in [4.69, 9.17) is 0 Å². The van der Waals surface area contributed by atoms with Gasteiger partial charge in [0, 0.05) is 30.9 Å². The van der Waals surface area contributed by atoms with Gasteiger partial charge >= 0.3 is 0 Å². The number of hydrogen-bond acceptors (Lipinski definition) is 6. The molecule has 0 saturated heterocycles. The van der Waals surface area contributed by atoms with Crippen LogP contribution in [0.15, 0.2) is 72.9 Å². The first kappa shape index (κ1) is 19.3. The number of rotatable bonds is 7. The van der Waals surface area contributed by atoms with E-state index in [1.54, 1.807) is 6.20 Å². The molecule has 7 nitrogen and oxygen atoms in total. The number of fused-ring (bicyclic) bond motifs is 1. The van der Waals surface area contributed by atoms with Crippen LogP contribution in [0.25, 0.3) is 10.8 Å². The van der Waals surface area contributed by atoms with Gasteiger partial charge in [0.05, 0.1) is 0 Å². The molecule has 1 amide bonds. The second-order valence-electron chi connectivity index (χ2n) is 6.74. The number of hydrogen-bond donors (Lipinski definition) is 3. The molecule has 0 aliphatic carbocycles. The Morgan fingerprint density at radius 2 is 1.67 bits per heavy atom. The van der Waals surface area contributed by atoms with Crippen LogP contribution in [-0.4, -0.2) is 33.9 Å². The van der Waals surface area contributed by atoms with E-state index >= 15 is 0 Å². The lowest BCUT2D eigenvalue weighted by atomic mass is 10.0. The van der Waals surface area contributed by atoms with Crippen molar-refractivity contribution in [3.63, 3.8) is 0 Å². The quantitative estimate of drug-likeness (QED) is 0.409. The van der Waals surface area contributed by atoms with E-state index in [0.29, 0.717) is 41.9 Å². The number of aryl methyl sites for hydroxylation is 1. The van der Waals surface area contributed by atoms with Crippen molar-refractivity contribution >= 4 is 34.1 Å². The minimum Gasteiger partial charge on any atom is -0.368 e. The Bertz CT molecular complexity index is 1160. The first-order valence-corrected chi connectivity index (χ1v) is 9.72. The lowest BCUT2D eigenvalue weighted by Crippen LogP contribution is -2.29. The van der Waals surface area contributed by atoms with Crippen LogP contribution in [0, 0.1) is 6.92 Å². The zero-order valence-corrected chi connectivity index (χ0v) is 16.6. The summed E-state index contributed by atoms with van der Waals surface area (Å²) < 4.78 is 0. The summed E-state index contributed by atoms with van der Waals surface area (Å²) in [5, 5.41) is 11.3. The molecule has 4 aromatic rings. The van der Waals surface area contributed by atoms with E-state index in [-0.39, 0.29) is 5.91 Å². The van der Waals surface area contributed by atoms with Gasteiger partial charge in [-0.3, -0.25) is 4.79 Å². The van der Waals surface area contributed by atoms with Crippen LogP contribution in [-0.2, 0) is 0 Å². The number of amides is 1. The summed E-state index contributed by atoms with van der Waals surface area (Å²) in [4.78, 5) is 25.6. The third-order valence-corrected chi connectivity index (χ3v) is 4.51. The van der Waals surface area contributed by atoms with Crippen LogP contribution < -0.4 is 16.0 Å². The van der Waals surface area contributed by atoms with Gasteiger partial charge in [0.15, 0.2) is 0 Å². The van der Waals surface area contributed by atoms with Crippen molar-refractivity contribution in [2.24, 2.45) is 0 Å². The maximum Gasteiger partial charge on any atom is 0.251 e. The van der Waals surface area contributed by atoms with Gasteiger partial charge in [-0.05, 0) is 35.9 Å². The summed E-state index contributed by atoms with van der Waals surface area (Å²) in [6.45, 7) is 2.83. The Hall–Kier alpha value is -4.00. The lowest BCUT2D eigenvalue weighted by Gasteiger charge is -2.11. The van der Waals surface area contributed by atoms with E-state index in [9.17, 15) is 4.79 Å². The third kappa shape index (κ3) is 4.70. The van der Waals surface area contributed by atoms with Crippen LogP contribution in [0.4, 0.5) is 17.5 Å². The molecule has 0 spiro atoms. The second kappa shape index (κ2) is 9.00. The van der Waals surface area contributed by atoms with Crippen molar-refractivity contribution in [1.82, 2.24) is 20.3 Å². The van der Waals surface area contributed by atoms with Crippen molar-refractivity contribution in [3.05, 3.63) is 84.3 Å². The molecule has 150 valence electrons. The van der Waals surface area contributed by atoms with Crippen LogP contribution in [0.1, 0.15) is 16.2 Å². The number of nitrogens with one attached hydrogen (secondary N) is 3. The highest BCUT2D eigenvalue weighted by Crippen LogP contribution is 2.18. The summed E-state index contributed by atoms with van der Waals surface area (Å²) in [7, 11) is 0. The fourth-order valence-electron chi connectivity index (χ4n) is 3.18. The van der Waals surface area contributed by atoms with E-state index in [1.165, 1.54) is 0 Å². The molecule has 0 fully saturated rings. The average molecular weight is 398 g/mol. The molecule has 0 saturated carbocycles. The summed E-state index contributed by atoms with van der Waals surface area (Å²) >= 11 is 0. The molecule has 0 bridgehead atoms. The zero-order valence-electron chi connectivity index (χ0n) is 16.6. The highest BCUT2D eigenvalue weighted by molar-refractivity contribution is 6.07. The van der Waals surface area contributed by atoms with E-state index in [1.807, 2.05) is 73.7 Å². The molecule has 3 N–H and O–H groups in total. The largest absolute Gasteiger partial charge is 0.368 e. The Balaban J connectivity index is 1.34. The standard InChI is InChI=1S/C23H22N6O/c1-16-27-21(15-22(28-16)29-20-11-4-5-12-24-20)25-13-14-26-23(30)19-10-6-8-17-7-2-3-9-18(17)19/h2-12,15H,13-14H2,1H3,(H,26,30)(H2,24,25,27,28,29). The van der Waals surface area contributed by atoms with Gasteiger partial charge in [-0.2, -0.15) is 0 Å². The number of pyridine rings is 1. The summed E-state index contributed by atoms with van der Waals surface area (Å²) in [5.74, 6) is 2.59. The van der Waals surface area contributed by atoms with Crippen molar-refractivity contribution in [3.8, 4) is 0 Å². The van der Waals surface area contributed by atoms with Crippen LogP contribution >= 0.6 is 0 Å². The highest BCUT2D eigenvalue weighted by atomic mass is 16.1. The molecule has 2 aromatic heterocycles. The average Bonchev–Trinajstić information content (AvgIpc) is 2.76. The molecule has 2 aromatic carbocycles. The van der Waals surface area contributed by atoms with E-state index in [2.05, 4.69) is 30.9 Å². The normalized spacial score (nSPS) is 10.6. The van der Waals surface area contributed by atoms with Gasteiger partial charge in [0.2, 0.25) is 0 Å². The highest BCUT2D eigenvalue weighted by Gasteiger charge is 2.09. The first-order valence-electron chi connectivity index (χ1n) is 9.72. The topological polar surface area (TPSA) is 91.8 Å². The minimum absolute atomic E-state index is 0.0926. The maximum absolute atomic E-state index is 12.6. The first-order chi connectivity index (χ1) is 14.7. The molecule has 0 radical (unpaired) electrons. The van der Waals surface area contributed by atoms with Crippen molar-refractivity contribution in [2.75, 3.05) is 23.7 Å². The Morgan fingerprint density at radius 3 is 2.53 bits per heavy atom. The number of nitrogens with zero attached hydrogens (tertiary/aromatic N) is 3. The predicted molar refractivity (Wildman–Crippen MR) is 119 cm³/mol. The predicted octanol–water partition coefficient (Wildman–Crippen LogP) is 3.92. The van der Waals surface area contributed by atoms with Gasteiger partial charge in [0.25, 0.3) is 5.91 Å². The van der Waals surface area contributed by atoms with Crippen molar-refractivity contribution in [1.29, 1.82) is 0 Å². The maximum atomic E-state index is 12.6. The monoisotopic (exact) mass is 398 g/mol. The Morgan fingerprint density at radius 1 is 0.867 bits per heavy atom. The molecular formula is C23H22N6O. The summed E-state index contributed by atoms with van der Waals surface area (Å²) in [5.41, 5.74) is 0.674. The van der Waals surface area contributed by atoms with Crippen LogP contribution in [0.3, 0.4) is 0 Å². The van der Waals surface area contributed by atoms with Crippen LogP contribution in [0.2, 0.25) is 0 Å². The van der Waals surface area contributed by atoms with E-state index < -0.39 is 0 Å². The van der Waals surface area contributed by atoms with Gasteiger partial charge in [-0.1, -0.05) is 42.5 Å². The van der Waals surface area contributed by atoms with E-state index in [0.717, 1.165) is 10.8 Å². The fraction of sp³-hybridized carbons (Fsp3) is 0.130. The van der Waals surface area contributed by atoms with Crippen molar-refractivity contribution < 1.29 is 4.79 Å². The minimum atomic E-state index is -0.0926. The third-order valence-electron chi connectivity index (χ3n) is 4.51. The molecule has 0 atom stereocenters. The number of benzene rings is 2. The van der Waals surface area contributed by atoms with Crippen molar-refractivity contribution in [2.45, 2.75) is 6.92 Å². The number of carbonyl (C=O) groups excluding carboxylic acids is 1. The lowest BCUT2D eigenvalue weighted by molar-refractivity contribution is 0.0957. The second-order valence-corrected chi connectivity index (χ2v) is 6.74. The number of aromatic nitrogens is 3. The molecule has 7 heteroatoms. The molecule has 30 heavy (non-hydrogen) atoms. The Labute approximate surface area is 174 Å². The smallest absolute Gasteiger partial charge is 0.251 e.